The first-order valence-corrected chi connectivity index (χ1v) is 7.02. The fourth-order valence-corrected chi connectivity index (χ4v) is 2.92. The van der Waals surface area contributed by atoms with Crippen LogP contribution in [-0.2, 0) is 20.2 Å². The van der Waals surface area contributed by atoms with Crippen molar-refractivity contribution in [3.05, 3.63) is 23.7 Å². The van der Waals surface area contributed by atoms with E-state index in [1.165, 1.54) is 0 Å². The van der Waals surface area contributed by atoms with Crippen LogP contribution in [0.5, 0.6) is 0 Å². The van der Waals surface area contributed by atoms with Gasteiger partial charge in [-0.1, -0.05) is 0 Å². The van der Waals surface area contributed by atoms with Crippen LogP contribution in [0.2, 0.25) is 0 Å². The Morgan fingerprint density at radius 2 is 2.00 bits per heavy atom. The summed E-state index contributed by atoms with van der Waals surface area (Å²) >= 11 is 0. The third-order valence-electron chi connectivity index (χ3n) is 2.09. The normalized spacial score (nSPS) is 13.9. The van der Waals surface area contributed by atoms with Crippen LogP contribution >= 0.6 is 7.60 Å². The number of hydrogen-bond donors (Lipinski definition) is 2. The molecule has 0 radical (unpaired) electrons. The number of furan rings is 1. The van der Waals surface area contributed by atoms with Gasteiger partial charge in [-0.05, 0) is 26.0 Å². The van der Waals surface area contributed by atoms with Crippen molar-refractivity contribution >= 4 is 7.60 Å². The molecule has 0 amide bonds. The molecule has 6 nitrogen and oxygen atoms in total. The average molecular weight is 263 g/mol. The lowest BCUT2D eigenvalue weighted by Gasteiger charge is -2.21. The molecule has 17 heavy (non-hydrogen) atoms. The molecule has 0 aliphatic carbocycles. The van der Waals surface area contributed by atoms with E-state index in [4.69, 9.17) is 24.3 Å². The van der Waals surface area contributed by atoms with Crippen molar-refractivity contribution in [3.8, 4) is 0 Å². The maximum Gasteiger partial charge on any atom is 0.354 e. The molecule has 0 aliphatic rings. The first-order chi connectivity index (χ1) is 8.07. The van der Waals surface area contributed by atoms with E-state index in [1.54, 1.807) is 26.0 Å². The second-order valence-electron chi connectivity index (χ2n) is 3.28. The van der Waals surface area contributed by atoms with Crippen molar-refractivity contribution in [1.29, 1.82) is 0 Å². The van der Waals surface area contributed by atoms with Gasteiger partial charge in [-0.3, -0.25) is 4.57 Å². The van der Waals surface area contributed by atoms with Crippen LogP contribution in [0.3, 0.4) is 0 Å². The van der Waals surface area contributed by atoms with Crippen LogP contribution < -0.4 is 5.73 Å². The predicted molar refractivity (Wildman–Crippen MR) is 62.4 cm³/mol. The summed E-state index contributed by atoms with van der Waals surface area (Å²) in [4.78, 5) is 0. The zero-order valence-electron chi connectivity index (χ0n) is 9.96. The Morgan fingerprint density at radius 3 is 2.41 bits per heavy atom. The highest BCUT2D eigenvalue weighted by Gasteiger charge is 2.36. The van der Waals surface area contributed by atoms with E-state index in [0.717, 1.165) is 0 Å². The Hall–Kier alpha value is -0.650. The van der Waals surface area contributed by atoms with Gasteiger partial charge in [0.25, 0.3) is 0 Å². The van der Waals surface area contributed by atoms with Crippen LogP contribution in [0.15, 0.2) is 16.5 Å². The molecule has 0 spiro atoms. The van der Waals surface area contributed by atoms with E-state index in [1.807, 2.05) is 0 Å². The fraction of sp³-hybridized carbons (Fsp3) is 0.600. The van der Waals surface area contributed by atoms with Gasteiger partial charge in [0.1, 0.15) is 18.1 Å². The molecule has 1 atom stereocenters. The van der Waals surface area contributed by atoms with Crippen LogP contribution in [0.25, 0.3) is 0 Å². The third-order valence-corrected chi connectivity index (χ3v) is 4.26. The van der Waals surface area contributed by atoms with Gasteiger partial charge in [-0.15, -0.1) is 0 Å². The highest BCUT2D eigenvalue weighted by molar-refractivity contribution is 7.54. The summed E-state index contributed by atoms with van der Waals surface area (Å²) in [7, 11) is -3.43. The lowest BCUT2D eigenvalue weighted by Crippen LogP contribution is -2.14. The molecule has 98 valence electrons. The predicted octanol–water partition coefficient (Wildman–Crippen LogP) is 2.00. The Balaban J connectivity index is 2.90. The van der Waals surface area contributed by atoms with Crippen molar-refractivity contribution in [2.24, 2.45) is 5.73 Å². The molecule has 0 saturated heterocycles. The highest BCUT2D eigenvalue weighted by Crippen LogP contribution is 2.58. The molecule has 7 heteroatoms. The molecule has 0 aliphatic heterocycles. The molecular formula is C10H18NO5P. The minimum Gasteiger partial charge on any atom is -0.461 e. The Kier molecular flexibility index (Phi) is 5.36. The smallest absolute Gasteiger partial charge is 0.354 e. The zero-order chi connectivity index (χ0) is 12.9. The second-order valence-corrected chi connectivity index (χ2v) is 5.43. The molecule has 0 aromatic carbocycles. The quantitative estimate of drug-likeness (QED) is 0.730. The topological polar surface area (TPSA) is 94.9 Å². The summed E-state index contributed by atoms with van der Waals surface area (Å²) in [6, 6.07) is 3.12. The first kappa shape index (κ1) is 14.4. The minimum atomic E-state index is -3.43. The van der Waals surface area contributed by atoms with Crippen LogP contribution in [-0.4, -0.2) is 18.3 Å². The molecule has 0 bridgehead atoms. The maximum absolute atomic E-state index is 12.3. The van der Waals surface area contributed by atoms with E-state index >= 15 is 0 Å². The Bertz CT molecular complexity index is 382. The van der Waals surface area contributed by atoms with Gasteiger partial charge in [0.05, 0.1) is 13.2 Å². The summed E-state index contributed by atoms with van der Waals surface area (Å²) in [5.41, 5.74) is 5.83. The zero-order valence-corrected chi connectivity index (χ0v) is 10.9. The van der Waals surface area contributed by atoms with E-state index < -0.39 is 13.4 Å². The van der Waals surface area contributed by atoms with Crippen molar-refractivity contribution in [1.82, 2.24) is 0 Å². The standard InChI is InChI=1S/C10H18NO5P/c1-3-14-17(13,15-4-2)10(11)9-6-5-8(7-12)16-9/h5-6,10,12H,3-4,7,11H2,1-2H3/t10-/m0/s1. The summed E-state index contributed by atoms with van der Waals surface area (Å²) in [6.45, 7) is 3.65. The van der Waals surface area contributed by atoms with Gasteiger partial charge in [0.15, 0.2) is 5.78 Å². The van der Waals surface area contributed by atoms with Gasteiger partial charge in [-0.2, -0.15) is 0 Å². The first-order valence-electron chi connectivity index (χ1n) is 5.41. The number of aliphatic hydroxyl groups is 1. The second kappa shape index (κ2) is 6.33. The summed E-state index contributed by atoms with van der Waals surface area (Å²) in [6.07, 6.45) is 0. The summed E-state index contributed by atoms with van der Waals surface area (Å²) < 4.78 is 27.8. The molecule has 1 rings (SSSR count). The van der Waals surface area contributed by atoms with Crippen molar-refractivity contribution in [3.63, 3.8) is 0 Å². The lowest BCUT2D eigenvalue weighted by atomic mass is 10.4. The molecule has 1 aromatic rings. The van der Waals surface area contributed by atoms with Crippen LogP contribution in [0, 0.1) is 0 Å². The highest BCUT2D eigenvalue weighted by atomic mass is 31.2. The third kappa shape index (κ3) is 3.40. The monoisotopic (exact) mass is 263 g/mol. The van der Waals surface area contributed by atoms with Gasteiger partial charge in [-0.25, -0.2) is 0 Å². The number of nitrogens with two attached hydrogens (primary N) is 1. The van der Waals surface area contributed by atoms with Crippen molar-refractivity contribution in [2.45, 2.75) is 26.2 Å². The van der Waals surface area contributed by atoms with E-state index in [2.05, 4.69) is 0 Å². The summed E-state index contributed by atoms with van der Waals surface area (Å²) in [5.74, 6) is -0.350. The Labute approximate surface area is 100 Å². The average Bonchev–Trinajstić information content (AvgIpc) is 2.77. The van der Waals surface area contributed by atoms with Crippen molar-refractivity contribution in [2.75, 3.05) is 13.2 Å². The SMILES string of the molecule is CCOP(=O)(OCC)[C@H](N)c1ccc(CO)o1. The summed E-state index contributed by atoms with van der Waals surface area (Å²) in [5, 5.41) is 8.88. The molecule has 3 N–H and O–H groups in total. The van der Waals surface area contributed by atoms with Crippen LogP contribution in [0.4, 0.5) is 0 Å². The van der Waals surface area contributed by atoms with Gasteiger partial charge in [0, 0.05) is 0 Å². The minimum absolute atomic E-state index is 0.235. The van der Waals surface area contributed by atoms with Gasteiger partial charge < -0.3 is 24.3 Å². The number of aliphatic hydroxyl groups excluding tert-OH is 1. The van der Waals surface area contributed by atoms with E-state index in [0.29, 0.717) is 5.76 Å². The Morgan fingerprint density at radius 1 is 1.41 bits per heavy atom. The largest absolute Gasteiger partial charge is 0.461 e. The fourth-order valence-electron chi connectivity index (χ4n) is 1.35. The van der Waals surface area contributed by atoms with Crippen LogP contribution in [0.1, 0.15) is 31.2 Å². The number of hydrogen-bond acceptors (Lipinski definition) is 6. The molecule has 0 saturated carbocycles. The molecule has 1 heterocycles. The number of rotatable bonds is 7. The maximum atomic E-state index is 12.3. The molecular weight excluding hydrogens is 245 g/mol. The van der Waals surface area contributed by atoms with E-state index in [9.17, 15) is 4.57 Å². The van der Waals surface area contributed by atoms with Crippen molar-refractivity contribution < 1.29 is 23.1 Å². The lowest BCUT2D eigenvalue weighted by molar-refractivity contribution is 0.206. The van der Waals surface area contributed by atoms with Gasteiger partial charge in [0.2, 0.25) is 0 Å². The molecule has 0 unspecified atom stereocenters. The van der Waals surface area contributed by atoms with E-state index in [-0.39, 0.29) is 25.6 Å². The molecule has 1 aromatic heterocycles. The van der Waals surface area contributed by atoms with Gasteiger partial charge >= 0.3 is 7.60 Å². The molecule has 0 fully saturated rings.